The molecule has 4 amide bonds. The van der Waals surface area contributed by atoms with Gasteiger partial charge in [-0.15, -0.1) is 0 Å². The lowest BCUT2D eigenvalue weighted by atomic mass is 9.79. The fraction of sp³-hybridized carbons (Fsp3) is 0.367. The molecular weight excluding hydrogens is 867 g/mol. The molecule has 1 aromatic heterocycles. The van der Waals surface area contributed by atoms with E-state index in [0.717, 1.165) is 40.9 Å². The predicted octanol–water partition coefficient (Wildman–Crippen LogP) is 7.31. The summed E-state index contributed by atoms with van der Waals surface area (Å²) in [6.45, 7) is 8.99. The largest absolute Gasteiger partial charge is 0.493 e. The van der Waals surface area contributed by atoms with Crippen LogP contribution in [-0.2, 0) is 18.4 Å². The van der Waals surface area contributed by atoms with E-state index < -0.39 is 23.2 Å². The van der Waals surface area contributed by atoms with Gasteiger partial charge in [0.05, 0.1) is 57.9 Å². The lowest BCUT2D eigenvalue weighted by molar-refractivity contribution is 0.128. The molecule has 3 atom stereocenters. The Kier molecular flexibility index (Phi) is 14.0. The quantitative estimate of drug-likeness (QED) is 0.143. The number of rotatable bonds is 8. The molecule has 354 valence electrons. The maximum Gasteiger partial charge on any atom is 0.338 e. The van der Waals surface area contributed by atoms with Crippen LogP contribution < -0.4 is 34.5 Å². The molecule has 4 heterocycles. The summed E-state index contributed by atoms with van der Waals surface area (Å²) >= 11 is 0. The molecule has 67 heavy (non-hydrogen) atoms. The fourth-order valence-corrected chi connectivity index (χ4v) is 9.13. The number of anilines is 1. The highest BCUT2D eigenvalue weighted by Crippen LogP contribution is 2.46. The summed E-state index contributed by atoms with van der Waals surface area (Å²) in [6.07, 6.45) is 5.13. The van der Waals surface area contributed by atoms with Crippen LogP contribution in [-0.4, -0.2) is 112 Å². The van der Waals surface area contributed by atoms with E-state index in [9.17, 15) is 14.7 Å². The molecule has 2 unspecified atom stereocenters. The van der Waals surface area contributed by atoms with Gasteiger partial charge in [-0.05, 0) is 63.8 Å². The van der Waals surface area contributed by atoms with Crippen molar-refractivity contribution in [2.45, 2.75) is 64.6 Å². The van der Waals surface area contributed by atoms with E-state index >= 15 is 8.78 Å². The fourth-order valence-electron chi connectivity index (χ4n) is 9.13. The number of methoxy groups -OCH3 is 4. The maximum absolute atomic E-state index is 15.5. The van der Waals surface area contributed by atoms with Crippen LogP contribution in [0, 0.1) is 25.5 Å². The number of oxazole rings is 1. The zero-order chi connectivity index (χ0) is 48.3. The Labute approximate surface area is 388 Å². The molecule has 4 aromatic carbocycles. The van der Waals surface area contributed by atoms with Gasteiger partial charge in [-0.2, -0.15) is 10.2 Å². The Morgan fingerprint density at radius 1 is 0.881 bits per heavy atom. The number of halogens is 2. The highest BCUT2D eigenvalue weighted by Gasteiger charge is 2.43. The van der Waals surface area contributed by atoms with Crippen LogP contribution in [0.25, 0.3) is 11.3 Å². The first-order valence-electron chi connectivity index (χ1n) is 21.7. The Morgan fingerprint density at radius 2 is 1.54 bits per heavy atom. The zero-order valence-electron chi connectivity index (χ0n) is 39.3. The van der Waals surface area contributed by atoms with Gasteiger partial charge in [0.1, 0.15) is 29.3 Å². The minimum absolute atomic E-state index is 0.121. The molecule has 16 nitrogen and oxygen atoms in total. The van der Waals surface area contributed by atoms with Crippen molar-refractivity contribution in [2.24, 2.45) is 10.2 Å². The molecular formula is C49H56F2N8O8. The van der Waals surface area contributed by atoms with Gasteiger partial charge in [-0.1, -0.05) is 29.8 Å². The number of ether oxygens (including phenoxy) is 4. The molecule has 3 N–H and O–H groups in total. The SMILES string of the molecule is CNC(=O)N1N=C(c2ccc(N3CC[C@@H](O)C3)cc2)c2c(c(F)cc(OC)c2OC)CC1C.CNC(=O)N1N=Cc2c(c(F)cc(OC)c2OC)CC1(C)c1cc(C)cc(C)c1-c1cocn1. The Balaban J connectivity index is 0.000000199. The summed E-state index contributed by atoms with van der Waals surface area (Å²) in [6, 6.07) is 13.0. The number of β-amino-alcohol motifs (C(OH)–C–C–N with tert-alkyl or cyclic N) is 1. The molecule has 0 bridgehead atoms. The normalized spacial score (nSPS) is 18.6. The van der Waals surface area contributed by atoms with E-state index in [4.69, 9.17) is 23.4 Å². The number of hydrazone groups is 2. The van der Waals surface area contributed by atoms with Gasteiger partial charge in [-0.25, -0.2) is 33.4 Å². The van der Waals surface area contributed by atoms with Crippen molar-refractivity contribution in [3.05, 3.63) is 117 Å². The van der Waals surface area contributed by atoms with Crippen molar-refractivity contribution in [2.75, 3.05) is 60.5 Å². The topological polar surface area (TPSA) is 176 Å². The summed E-state index contributed by atoms with van der Waals surface area (Å²) in [5.41, 5.74) is 6.79. The van der Waals surface area contributed by atoms with Crippen molar-refractivity contribution in [1.82, 2.24) is 25.6 Å². The van der Waals surface area contributed by atoms with Crippen LogP contribution in [0.15, 0.2) is 75.8 Å². The first-order valence-corrected chi connectivity index (χ1v) is 21.7. The third-order valence-electron chi connectivity index (χ3n) is 12.4. The molecule has 1 fully saturated rings. The summed E-state index contributed by atoms with van der Waals surface area (Å²) in [5, 5.41) is 27.0. The first kappa shape index (κ1) is 47.7. The van der Waals surface area contributed by atoms with Crippen molar-refractivity contribution in [1.29, 1.82) is 0 Å². The average molecular weight is 923 g/mol. The highest BCUT2D eigenvalue weighted by atomic mass is 19.1. The van der Waals surface area contributed by atoms with E-state index in [1.165, 1.54) is 77.3 Å². The second kappa shape index (κ2) is 19.7. The second-order valence-electron chi connectivity index (χ2n) is 16.7. The maximum atomic E-state index is 15.5. The van der Waals surface area contributed by atoms with Gasteiger partial charge in [0.2, 0.25) is 0 Å². The average Bonchev–Trinajstić information content (AvgIpc) is 3.96. The van der Waals surface area contributed by atoms with Crippen LogP contribution in [0.4, 0.5) is 24.1 Å². The zero-order valence-corrected chi connectivity index (χ0v) is 39.3. The molecule has 3 aliphatic rings. The number of aryl methyl sites for hydroxylation is 2. The summed E-state index contributed by atoms with van der Waals surface area (Å²) in [7, 11) is 8.94. The van der Waals surface area contributed by atoms with Gasteiger partial charge in [-0.3, -0.25) is 0 Å². The van der Waals surface area contributed by atoms with Gasteiger partial charge in [0, 0.05) is 79.2 Å². The van der Waals surface area contributed by atoms with Gasteiger partial charge >= 0.3 is 12.1 Å². The minimum atomic E-state index is -1.09. The molecule has 1 saturated heterocycles. The number of carbonyl (C=O) groups excluding carboxylic acids is 2. The number of nitrogens with one attached hydrogen (secondary N) is 2. The van der Waals surface area contributed by atoms with Gasteiger partial charge < -0.3 is 44.0 Å². The van der Waals surface area contributed by atoms with Crippen molar-refractivity contribution in [3.63, 3.8) is 0 Å². The third kappa shape index (κ3) is 9.04. The van der Waals surface area contributed by atoms with Crippen molar-refractivity contribution in [3.8, 4) is 34.3 Å². The number of hydrogen-bond donors (Lipinski definition) is 3. The number of urea groups is 2. The lowest BCUT2D eigenvalue weighted by Gasteiger charge is -2.39. The molecule has 0 radical (unpaired) electrons. The highest BCUT2D eigenvalue weighted by molar-refractivity contribution is 6.16. The molecule has 0 aliphatic carbocycles. The van der Waals surface area contributed by atoms with Crippen LogP contribution >= 0.6 is 0 Å². The second-order valence-corrected chi connectivity index (χ2v) is 16.7. The number of nitrogens with zero attached hydrogens (tertiary/aromatic N) is 6. The lowest BCUT2D eigenvalue weighted by Crippen LogP contribution is -2.49. The number of fused-ring (bicyclic) bond motifs is 2. The molecule has 0 spiro atoms. The van der Waals surface area contributed by atoms with Gasteiger partial charge in [0.15, 0.2) is 29.4 Å². The molecule has 8 rings (SSSR count). The standard InChI is InChI=1S/C25H27FN4O4.C24H29FN4O4/c1-14-7-15(2)22(20-12-34-13-28-20)18(8-14)25(3)10-16-17(11-29-30(25)24(31)27-4)23(33-6)21(32-5)9-19(16)26;1-14-11-18-19(25)12-20(32-3)23(33-4)21(18)22(27-29(14)24(31)26-2)15-5-7-16(8-6-15)28-10-9-17(30)13-28/h7-9,11-13H,10H2,1-6H3,(H,27,31);5-8,12,14,17,30H,9-11,13H2,1-4H3,(H,26,31)/t;14?,17-/m.1/s1. The third-order valence-corrected chi connectivity index (χ3v) is 12.4. The predicted molar refractivity (Wildman–Crippen MR) is 250 cm³/mol. The van der Waals surface area contributed by atoms with Crippen molar-refractivity contribution < 1.29 is 46.8 Å². The number of hydrogen-bond acceptors (Lipinski definition) is 12. The number of carbonyl (C=O) groups is 2. The number of aliphatic hydroxyl groups is 1. The van der Waals surface area contributed by atoms with Gasteiger partial charge in [0.25, 0.3) is 0 Å². The Hall–Kier alpha value is -7.21. The van der Waals surface area contributed by atoms with Crippen LogP contribution in [0.1, 0.15) is 64.8 Å². The first-order chi connectivity index (χ1) is 32.1. The smallest absolute Gasteiger partial charge is 0.338 e. The minimum Gasteiger partial charge on any atom is -0.493 e. The van der Waals surface area contributed by atoms with E-state index in [2.05, 4.69) is 30.7 Å². The number of aromatic nitrogens is 1. The number of aliphatic hydroxyl groups excluding tert-OH is 1. The van der Waals surface area contributed by atoms with E-state index in [1.807, 2.05) is 64.1 Å². The summed E-state index contributed by atoms with van der Waals surface area (Å²) in [4.78, 5) is 32.2. The van der Waals surface area contributed by atoms with Crippen LogP contribution in [0.3, 0.4) is 0 Å². The molecule has 3 aliphatic heterocycles. The molecule has 0 saturated carbocycles. The number of amides is 4. The Bertz CT molecular complexity index is 2710. The Morgan fingerprint density at radius 3 is 2.12 bits per heavy atom. The number of benzene rings is 4. The monoisotopic (exact) mass is 922 g/mol. The summed E-state index contributed by atoms with van der Waals surface area (Å²) in [5.74, 6) is 0.298. The van der Waals surface area contributed by atoms with Crippen molar-refractivity contribution >= 4 is 29.7 Å². The summed E-state index contributed by atoms with van der Waals surface area (Å²) < 4.78 is 57.9. The molecule has 5 aromatic rings. The van der Waals surface area contributed by atoms with Crippen LogP contribution in [0.5, 0.6) is 23.0 Å². The van der Waals surface area contributed by atoms with E-state index in [0.29, 0.717) is 57.3 Å². The van der Waals surface area contributed by atoms with E-state index in [1.54, 1.807) is 6.26 Å². The van der Waals surface area contributed by atoms with Crippen LogP contribution in [0.2, 0.25) is 0 Å². The molecule has 18 heteroatoms. The van der Waals surface area contributed by atoms with E-state index in [-0.39, 0.29) is 42.5 Å².